The molecule has 5 rings (SSSR count). The van der Waals surface area contributed by atoms with Crippen LogP contribution in [0.15, 0.2) is 90.1 Å². The average Bonchev–Trinajstić information content (AvgIpc) is 3.37. The highest BCUT2D eigenvalue weighted by Crippen LogP contribution is 2.40. The Morgan fingerprint density at radius 2 is 1.53 bits per heavy atom. The minimum Gasteiger partial charge on any atom is -0.493 e. The Balaban J connectivity index is 1.38. The third-order valence-corrected chi connectivity index (χ3v) is 7.51. The lowest BCUT2D eigenvalue weighted by Gasteiger charge is -2.15. The maximum absolute atomic E-state index is 13.1. The van der Waals surface area contributed by atoms with Crippen molar-refractivity contribution in [3.8, 4) is 17.2 Å². The second-order valence-corrected chi connectivity index (χ2v) is 9.95. The minimum atomic E-state index is -3.70. The van der Waals surface area contributed by atoms with Crippen LogP contribution in [-0.4, -0.2) is 43.7 Å². The molecule has 2 heterocycles. The van der Waals surface area contributed by atoms with Crippen molar-refractivity contribution in [1.29, 1.82) is 0 Å². The Morgan fingerprint density at radius 1 is 0.789 bits per heavy atom. The topological polar surface area (TPSA) is 117 Å². The summed E-state index contributed by atoms with van der Waals surface area (Å²) in [4.78, 5) is 9.06. The van der Waals surface area contributed by atoms with Gasteiger partial charge in [-0.3, -0.25) is 0 Å². The van der Waals surface area contributed by atoms with Gasteiger partial charge in [0.1, 0.15) is 5.82 Å². The summed E-state index contributed by atoms with van der Waals surface area (Å²) in [6.45, 7) is 0. The maximum Gasteiger partial charge on any atom is 0.268 e. The number of methoxy groups -OCH3 is 3. The number of rotatable bonds is 9. The van der Waals surface area contributed by atoms with Crippen molar-refractivity contribution >= 4 is 44.1 Å². The highest BCUT2D eigenvalue weighted by molar-refractivity contribution is 7.90. The van der Waals surface area contributed by atoms with Crippen LogP contribution in [-0.2, 0) is 10.0 Å². The van der Waals surface area contributed by atoms with Crippen molar-refractivity contribution < 1.29 is 22.6 Å². The summed E-state index contributed by atoms with van der Waals surface area (Å²) < 4.78 is 43.6. The highest BCUT2D eigenvalue weighted by Gasteiger charge is 2.19. The molecule has 2 N–H and O–H groups in total. The molecule has 11 heteroatoms. The van der Waals surface area contributed by atoms with E-state index in [9.17, 15) is 8.42 Å². The van der Waals surface area contributed by atoms with E-state index in [1.807, 2.05) is 6.07 Å². The third kappa shape index (κ3) is 4.78. The molecule has 0 saturated carbocycles. The molecule has 10 nitrogen and oxygen atoms in total. The fourth-order valence-corrected chi connectivity index (χ4v) is 5.40. The summed E-state index contributed by atoms with van der Waals surface area (Å²) in [7, 11) is 0.931. The van der Waals surface area contributed by atoms with Gasteiger partial charge in [0.2, 0.25) is 11.7 Å². The predicted octanol–water partition coefficient (Wildman–Crippen LogP) is 5.18. The summed E-state index contributed by atoms with van der Waals surface area (Å²) in [6, 6.07) is 20.8. The van der Waals surface area contributed by atoms with Crippen molar-refractivity contribution in [2.24, 2.45) is 0 Å². The number of nitrogens with zero attached hydrogens (tertiary/aromatic N) is 3. The van der Waals surface area contributed by atoms with Crippen LogP contribution in [0.25, 0.3) is 10.9 Å². The molecule has 5 aromatic rings. The summed E-state index contributed by atoms with van der Waals surface area (Å²) in [5.74, 6) is 2.38. The predicted molar refractivity (Wildman–Crippen MR) is 146 cm³/mol. The molecule has 0 spiro atoms. The normalized spacial score (nSPS) is 11.2. The van der Waals surface area contributed by atoms with Crippen molar-refractivity contribution in [3.05, 3.63) is 85.2 Å². The second kappa shape index (κ2) is 10.3. The fraction of sp³-hybridized carbons (Fsp3) is 0.111. The molecule has 0 bridgehead atoms. The summed E-state index contributed by atoms with van der Waals surface area (Å²) in [5.41, 5.74) is 1.97. The molecular weight excluding hydrogens is 506 g/mol. The average molecular weight is 532 g/mol. The van der Waals surface area contributed by atoms with Crippen LogP contribution < -0.4 is 24.8 Å². The molecule has 194 valence electrons. The van der Waals surface area contributed by atoms with E-state index in [0.29, 0.717) is 40.2 Å². The SMILES string of the molecule is COc1cc(Nc2nccc(Nc3ccc4c(ccn4S(=O)(=O)c4ccccc4)c3)n2)cc(OC)c1OC. The number of nitrogens with one attached hydrogen (secondary N) is 2. The van der Waals surface area contributed by atoms with E-state index >= 15 is 0 Å². The molecule has 0 atom stereocenters. The second-order valence-electron chi connectivity index (χ2n) is 8.13. The van der Waals surface area contributed by atoms with Gasteiger partial charge in [0.15, 0.2) is 11.5 Å². The van der Waals surface area contributed by atoms with Gasteiger partial charge in [0.25, 0.3) is 10.0 Å². The van der Waals surface area contributed by atoms with Gasteiger partial charge in [-0.15, -0.1) is 0 Å². The first kappa shape index (κ1) is 24.9. The lowest BCUT2D eigenvalue weighted by Crippen LogP contribution is -2.11. The first-order valence-electron chi connectivity index (χ1n) is 11.5. The van der Waals surface area contributed by atoms with Gasteiger partial charge in [0, 0.05) is 41.3 Å². The molecule has 0 fully saturated rings. The van der Waals surface area contributed by atoms with Crippen molar-refractivity contribution in [2.45, 2.75) is 4.90 Å². The summed E-state index contributed by atoms with van der Waals surface area (Å²) in [6.07, 6.45) is 3.18. The number of ether oxygens (including phenoxy) is 3. The van der Waals surface area contributed by atoms with Crippen LogP contribution in [0.4, 0.5) is 23.1 Å². The molecule has 0 amide bonds. The van der Waals surface area contributed by atoms with Crippen molar-refractivity contribution in [3.63, 3.8) is 0 Å². The van der Waals surface area contributed by atoms with Gasteiger partial charge < -0.3 is 24.8 Å². The quantitative estimate of drug-likeness (QED) is 0.265. The molecule has 0 aliphatic heterocycles. The van der Waals surface area contributed by atoms with Gasteiger partial charge in [-0.1, -0.05) is 18.2 Å². The van der Waals surface area contributed by atoms with Crippen LogP contribution in [0, 0.1) is 0 Å². The molecule has 0 saturated heterocycles. The smallest absolute Gasteiger partial charge is 0.268 e. The van der Waals surface area contributed by atoms with E-state index in [1.165, 1.54) is 3.97 Å². The van der Waals surface area contributed by atoms with Gasteiger partial charge in [0.05, 0.1) is 31.7 Å². The van der Waals surface area contributed by atoms with Crippen LogP contribution in [0.1, 0.15) is 0 Å². The molecule has 0 aliphatic carbocycles. The Bertz CT molecular complexity index is 1680. The number of fused-ring (bicyclic) bond motifs is 1. The van der Waals surface area contributed by atoms with Gasteiger partial charge >= 0.3 is 0 Å². The monoisotopic (exact) mass is 531 g/mol. The number of benzene rings is 3. The largest absolute Gasteiger partial charge is 0.493 e. The van der Waals surface area contributed by atoms with Crippen LogP contribution in [0.2, 0.25) is 0 Å². The van der Waals surface area contributed by atoms with E-state index < -0.39 is 10.0 Å². The standard InChI is InChI=1S/C27H25N5O5S/c1-35-23-16-20(17-24(36-2)26(23)37-3)30-27-28-13-11-25(31-27)29-19-9-10-22-18(15-19)12-14-32(22)38(33,34)21-7-5-4-6-8-21/h4-17H,1-3H3,(H2,28,29,30,31). The lowest BCUT2D eigenvalue weighted by atomic mass is 10.2. The number of hydrogen-bond acceptors (Lipinski definition) is 9. The molecule has 38 heavy (non-hydrogen) atoms. The van der Waals surface area contributed by atoms with Crippen molar-refractivity contribution in [1.82, 2.24) is 13.9 Å². The third-order valence-electron chi connectivity index (χ3n) is 5.80. The first-order valence-corrected chi connectivity index (χ1v) is 13.0. The minimum absolute atomic E-state index is 0.229. The van der Waals surface area contributed by atoms with Crippen LogP contribution in [0.5, 0.6) is 17.2 Å². The highest BCUT2D eigenvalue weighted by atomic mass is 32.2. The Hall–Kier alpha value is -4.77. The summed E-state index contributed by atoms with van der Waals surface area (Å²) >= 11 is 0. The zero-order valence-corrected chi connectivity index (χ0v) is 21.7. The van der Waals surface area contributed by atoms with Crippen LogP contribution in [0.3, 0.4) is 0 Å². The fourth-order valence-electron chi connectivity index (χ4n) is 4.03. The van der Waals surface area contributed by atoms with E-state index in [2.05, 4.69) is 20.6 Å². The number of aromatic nitrogens is 3. The van der Waals surface area contributed by atoms with E-state index in [0.717, 1.165) is 11.1 Å². The molecule has 0 aliphatic rings. The summed E-state index contributed by atoms with van der Waals surface area (Å²) in [5, 5.41) is 7.16. The van der Waals surface area contributed by atoms with Gasteiger partial charge in [-0.05, 0) is 42.5 Å². The molecule has 0 unspecified atom stereocenters. The van der Waals surface area contributed by atoms with Crippen LogP contribution >= 0.6 is 0 Å². The first-order chi connectivity index (χ1) is 18.4. The number of hydrogen-bond donors (Lipinski definition) is 2. The molecular formula is C27H25N5O5S. The van der Waals surface area contributed by atoms with Gasteiger partial charge in [-0.25, -0.2) is 17.4 Å². The van der Waals surface area contributed by atoms with E-state index in [4.69, 9.17) is 14.2 Å². The number of anilines is 4. The van der Waals surface area contributed by atoms with E-state index in [-0.39, 0.29) is 4.90 Å². The lowest BCUT2D eigenvalue weighted by molar-refractivity contribution is 0.324. The Morgan fingerprint density at radius 3 is 2.21 bits per heavy atom. The van der Waals surface area contributed by atoms with Crippen molar-refractivity contribution in [2.75, 3.05) is 32.0 Å². The maximum atomic E-state index is 13.1. The Kier molecular flexibility index (Phi) is 6.75. The Labute approximate surface area is 219 Å². The zero-order valence-electron chi connectivity index (χ0n) is 20.9. The van der Waals surface area contributed by atoms with Gasteiger partial charge in [-0.2, -0.15) is 4.98 Å². The van der Waals surface area contributed by atoms with E-state index in [1.54, 1.807) is 100 Å². The molecule has 3 aromatic carbocycles. The molecule has 2 aromatic heterocycles. The zero-order chi connectivity index (χ0) is 26.7. The molecule has 0 radical (unpaired) electrons.